The highest BCUT2D eigenvalue weighted by Crippen LogP contribution is 2.31. The molecule has 0 spiro atoms. The normalized spacial score (nSPS) is 12.0. The molecule has 142 valence electrons. The van der Waals surface area contributed by atoms with E-state index >= 15 is 0 Å². The Morgan fingerprint density at radius 3 is 2.96 bits per heavy atom. The second-order valence-corrected chi connectivity index (χ2v) is 7.44. The predicted octanol–water partition coefficient (Wildman–Crippen LogP) is 4.31. The molecule has 2 N–H and O–H groups in total. The van der Waals surface area contributed by atoms with Crippen LogP contribution in [0.1, 0.15) is 39.5 Å². The van der Waals surface area contributed by atoms with Gasteiger partial charge in [-0.2, -0.15) is 0 Å². The third kappa shape index (κ3) is 6.21. The average molecular weight is 397 g/mol. The number of carbonyl (C=O) groups is 1. The SMILES string of the molecule is CCCCC[C@H](C)NC(=O)CSc1n[nH]c(-c2cc(Cl)ccc2OC)n1. The Hall–Kier alpha value is -1.73. The van der Waals surface area contributed by atoms with Crippen molar-refractivity contribution in [2.75, 3.05) is 12.9 Å². The summed E-state index contributed by atoms with van der Waals surface area (Å²) in [6, 6.07) is 5.48. The second-order valence-electron chi connectivity index (χ2n) is 6.06. The van der Waals surface area contributed by atoms with E-state index in [4.69, 9.17) is 16.3 Å². The van der Waals surface area contributed by atoms with Crippen LogP contribution in [-0.4, -0.2) is 40.0 Å². The highest BCUT2D eigenvalue weighted by atomic mass is 35.5. The summed E-state index contributed by atoms with van der Waals surface area (Å²) >= 11 is 7.34. The quantitative estimate of drug-likeness (QED) is 0.462. The summed E-state index contributed by atoms with van der Waals surface area (Å²) in [6.45, 7) is 4.21. The van der Waals surface area contributed by atoms with Crippen molar-refractivity contribution in [3.8, 4) is 17.1 Å². The number of carbonyl (C=O) groups excluding carboxylic acids is 1. The average Bonchev–Trinajstić information content (AvgIpc) is 3.09. The van der Waals surface area contributed by atoms with Crippen LogP contribution in [0.15, 0.2) is 23.4 Å². The monoisotopic (exact) mass is 396 g/mol. The molecule has 6 nitrogen and oxygen atoms in total. The number of thioether (sulfide) groups is 1. The van der Waals surface area contributed by atoms with Crippen LogP contribution < -0.4 is 10.1 Å². The molecule has 1 aromatic carbocycles. The van der Waals surface area contributed by atoms with Crippen molar-refractivity contribution >= 4 is 29.3 Å². The van der Waals surface area contributed by atoms with Crippen LogP contribution in [0.4, 0.5) is 0 Å². The highest BCUT2D eigenvalue weighted by molar-refractivity contribution is 7.99. The molecule has 0 aliphatic carbocycles. The number of methoxy groups -OCH3 is 1. The van der Waals surface area contributed by atoms with E-state index in [0.29, 0.717) is 21.8 Å². The Balaban J connectivity index is 1.89. The number of ether oxygens (including phenoxy) is 1. The highest BCUT2D eigenvalue weighted by Gasteiger charge is 2.14. The maximum atomic E-state index is 12.0. The number of halogens is 1. The molecule has 2 rings (SSSR count). The maximum Gasteiger partial charge on any atom is 0.230 e. The number of unbranched alkanes of at least 4 members (excludes halogenated alkanes) is 2. The molecule has 0 bridgehead atoms. The van der Waals surface area contributed by atoms with Gasteiger partial charge in [-0.05, 0) is 31.5 Å². The van der Waals surface area contributed by atoms with Crippen LogP contribution >= 0.6 is 23.4 Å². The Labute approximate surface area is 163 Å². The number of amides is 1. The van der Waals surface area contributed by atoms with Gasteiger partial charge >= 0.3 is 0 Å². The minimum atomic E-state index is -0.00863. The Morgan fingerprint density at radius 2 is 2.23 bits per heavy atom. The molecule has 1 atom stereocenters. The number of benzene rings is 1. The van der Waals surface area contributed by atoms with Crippen LogP contribution in [0, 0.1) is 0 Å². The van der Waals surface area contributed by atoms with Crippen molar-refractivity contribution in [2.45, 2.75) is 50.7 Å². The molecule has 0 radical (unpaired) electrons. The van der Waals surface area contributed by atoms with Crippen molar-refractivity contribution in [3.63, 3.8) is 0 Å². The van der Waals surface area contributed by atoms with Gasteiger partial charge in [0.15, 0.2) is 5.82 Å². The summed E-state index contributed by atoms with van der Waals surface area (Å²) in [4.78, 5) is 16.5. The fraction of sp³-hybridized carbons (Fsp3) is 0.500. The Bertz CT molecular complexity index is 723. The first-order valence-corrected chi connectivity index (χ1v) is 10.1. The van der Waals surface area contributed by atoms with E-state index in [9.17, 15) is 4.79 Å². The lowest BCUT2D eigenvalue weighted by atomic mass is 10.1. The first-order chi connectivity index (χ1) is 12.5. The summed E-state index contributed by atoms with van der Waals surface area (Å²) in [5, 5.41) is 11.1. The lowest BCUT2D eigenvalue weighted by molar-refractivity contribution is -0.119. The van der Waals surface area contributed by atoms with Gasteiger partial charge in [-0.25, -0.2) is 4.98 Å². The molecular weight excluding hydrogens is 372 g/mol. The zero-order valence-electron chi connectivity index (χ0n) is 15.3. The van der Waals surface area contributed by atoms with Gasteiger partial charge in [0.2, 0.25) is 11.1 Å². The number of rotatable bonds is 10. The molecule has 2 aromatic rings. The molecule has 1 aromatic heterocycles. The minimum absolute atomic E-state index is 0.00863. The van der Waals surface area contributed by atoms with Gasteiger partial charge in [0.05, 0.1) is 18.4 Å². The zero-order valence-corrected chi connectivity index (χ0v) is 16.9. The van der Waals surface area contributed by atoms with Crippen LogP contribution in [0.25, 0.3) is 11.4 Å². The van der Waals surface area contributed by atoms with Crippen molar-refractivity contribution in [1.29, 1.82) is 0 Å². The van der Waals surface area contributed by atoms with Crippen LogP contribution in [-0.2, 0) is 4.79 Å². The van der Waals surface area contributed by atoms with Gasteiger partial charge < -0.3 is 10.1 Å². The molecule has 1 heterocycles. The number of nitrogens with zero attached hydrogens (tertiary/aromatic N) is 2. The third-order valence-corrected chi connectivity index (χ3v) is 4.94. The van der Waals surface area contributed by atoms with Crippen LogP contribution in [0.2, 0.25) is 5.02 Å². The standard InChI is InChI=1S/C18H25ClN4O2S/c1-4-5-6-7-12(2)20-16(24)11-26-18-21-17(22-23-18)14-10-13(19)8-9-15(14)25-3/h8-10,12H,4-7,11H2,1-3H3,(H,20,24)(H,21,22,23)/t12-/m0/s1. The number of H-pyrrole nitrogens is 1. The summed E-state index contributed by atoms with van der Waals surface area (Å²) in [5.74, 6) is 1.48. The van der Waals surface area contributed by atoms with Gasteiger partial charge in [0.25, 0.3) is 0 Å². The first-order valence-electron chi connectivity index (χ1n) is 8.72. The second kappa shape index (κ2) is 10.4. The van der Waals surface area contributed by atoms with Crippen LogP contribution in [0.5, 0.6) is 5.75 Å². The largest absolute Gasteiger partial charge is 0.496 e. The molecule has 0 aliphatic heterocycles. The molecule has 0 unspecified atom stereocenters. The molecule has 26 heavy (non-hydrogen) atoms. The van der Waals surface area contributed by atoms with Crippen molar-refractivity contribution in [3.05, 3.63) is 23.2 Å². The summed E-state index contributed by atoms with van der Waals surface area (Å²) in [6.07, 6.45) is 4.52. The molecule has 1 amide bonds. The summed E-state index contributed by atoms with van der Waals surface area (Å²) < 4.78 is 5.33. The lowest BCUT2D eigenvalue weighted by Gasteiger charge is -2.12. The van der Waals surface area contributed by atoms with Gasteiger partial charge in [0.1, 0.15) is 5.75 Å². The molecule has 0 fully saturated rings. The van der Waals surface area contributed by atoms with Gasteiger partial charge in [0, 0.05) is 11.1 Å². The minimum Gasteiger partial charge on any atom is -0.496 e. The number of nitrogens with one attached hydrogen (secondary N) is 2. The maximum absolute atomic E-state index is 12.0. The fourth-order valence-corrected chi connectivity index (χ4v) is 3.30. The number of hydrogen-bond acceptors (Lipinski definition) is 5. The number of aromatic nitrogens is 3. The Kier molecular flexibility index (Phi) is 8.25. The fourth-order valence-electron chi connectivity index (χ4n) is 2.52. The van der Waals surface area contributed by atoms with E-state index in [1.54, 1.807) is 25.3 Å². The van der Waals surface area contributed by atoms with E-state index < -0.39 is 0 Å². The molecule has 0 saturated carbocycles. The van der Waals surface area contributed by atoms with E-state index in [0.717, 1.165) is 18.4 Å². The predicted molar refractivity (Wildman–Crippen MR) is 106 cm³/mol. The van der Waals surface area contributed by atoms with E-state index in [2.05, 4.69) is 27.4 Å². The van der Waals surface area contributed by atoms with E-state index in [-0.39, 0.29) is 17.7 Å². The number of hydrogen-bond donors (Lipinski definition) is 2. The Morgan fingerprint density at radius 1 is 1.42 bits per heavy atom. The van der Waals surface area contributed by atoms with Gasteiger partial charge in [-0.3, -0.25) is 9.89 Å². The van der Waals surface area contributed by atoms with E-state index in [1.165, 1.54) is 24.6 Å². The third-order valence-electron chi connectivity index (χ3n) is 3.86. The summed E-state index contributed by atoms with van der Waals surface area (Å²) in [5.41, 5.74) is 0.730. The molecule has 8 heteroatoms. The van der Waals surface area contributed by atoms with Crippen molar-refractivity contribution in [2.24, 2.45) is 0 Å². The van der Waals surface area contributed by atoms with Gasteiger partial charge in [-0.15, -0.1) is 5.10 Å². The molecule has 0 aliphatic rings. The summed E-state index contributed by atoms with van der Waals surface area (Å²) in [7, 11) is 1.59. The first kappa shape index (κ1) is 20.6. The van der Waals surface area contributed by atoms with Gasteiger partial charge in [-0.1, -0.05) is 49.5 Å². The zero-order chi connectivity index (χ0) is 18.9. The lowest BCUT2D eigenvalue weighted by Crippen LogP contribution is -2.33. The smallest absolute Gasteiger partial charge is 0.230 e. The molecular formula is C18H25ClN4O2S. The van der Waals surface area contributed by atoms with Crippen LogP contribution in [0.3, 0.4) is 0 Å². The number of aromatic amines is 1. The van der Waals surface area contributed by atoms with E-state index in [1.807, 2.05) is 6.92 Å². The molecule has 0 saturated heterocycles. The topological polar surface area (TPSA) is 79.9 Å². The van der Waals surface area contributed by atoms with Crippen molar-refractivity contribution < 1.29 is 9.53 Å². The van der Waals surface area contributed by atoms with Crippen molar-refractivity contribution in [1.82, 2.24) is 20.5 Å².